The summed E-state index contributed by atoms with van der Waals surface area (Å²) in [4.78, 5) is 123. The molecule has 18 nitrogen and oxygen atoms in total. The van der Waals surface area contributed by atoms with E-state index in [9.17, 15) is 47.9 Å². The third-order valence-electron chi connectivity index (χ3n) is 6.64. The van der Waals surface area contributed by atoms with Crippen molar-refractivity contribution in [1.82, 2.24) is 31.1 Å². The molecule has 0 aromatic rings. The number of hydrogen-bond donors (Lipinski definition) is 6. The van der Waals surface area contributed by atoms with E-state index in [1.54, 1.807) is 0 Å². The van der Waals surface area contributed by atoms with Crippen LogP contribution in [0, 0.1) is 0 Å². The molecule has 0 fully saturated rings. The van der Waals surface area contributed by atoms with Crippen LogP contribution in [0.1, 0.15) is 51.4 Å². The molecule has 0 aromatic carbocycles. The van der Waals surface area contributed by atoms with Crippen LogP contribution in [0.5, 0.6) is 0 Å². The number of carboxylic acid groups (broad SMARTS) is 2. The maximum atomic E-state index is 13.2. The molecule has 8 amide bonds. The number of nitrogens with one attached hydrogen (secondary N) is 4. The van der Waals surface area contributed by atoms with Crippen molar-refractivity contribution in [3.05, 3.63) is 24.3 Å². The number of aliphatic carboxylic acids is 2. The standard InChI is InChI=1S/C28H36N6O12/c35-17(5-3-15-33-19(37)9-10-20(33)38)31-25(27(45)29-13-1-7-23(41)42)26(28(46)30-14-2-8-24(43)44)32-18(36)6-4-16-34-21(39)11-12-22(34)40/h9-12,25-26H,1-8,13-16H2,(H,29,45)(H,30,46)(H,31,35)(H,32,36)(H,41,42)(H,43,44)/t25-,26+. The molecule has 0 spiro atoms. The second-order valence-electron chi connectivity index (χ2n) is 10.2. The smallest absolute Gasteiger partial charge is 0.303 e. The lowest BCUT2D eigenvalue weighted by molar-refractivity contribution is -0.139. The van der Waals surface area contributed by atoms with Crippen LogP contribution in [0.15, 0.2) is 24.3 Å². The van der Waals surface area contributed by atoms with Gasteiger partial charge in [0.1, 0.15) is 12.1 Å². The quantitative estimate of drug-likeness (QED) is 0.0550. The van der Waals surface area contributed by atoms with Gasteiger partial charge in [-0.2, -0.15) is 0 Å². The molecule has 2 rings (SSSR count). The number of imide groups is 2. The molecule has 0 aromatic heterocycles. The van der Waals surface area contributed by atoms with E-state index in [0.717, 1.165) is 34.1 Å². The van der Waals surface area contributed by atoms with E-state index in [2.05, 4.69) is 21.3 Å². The highest BCUT2D eigenvalue weighted by molar-refractivity contribution is 6.13. The summed E-state index contributed by atoms with van der Waals surface area (Å²) in [5.74, 6) is -7.92. The van der Waals surface area contributed by atoms with Crippen molar-refractivity contribution < 1.29 is 58.2 Å². The van der Waals surface area contributed by atoms with Crippen LogP contribution in [0.3, 0.4) is 0 Å². The second-order valence-corrected chi connectivity index (χ2v) is 10.2. The first kappa shape index (κ1) is 36.8. The van der Waals surface area contributed by atoms with Gasteiger partial charge in [-0.25, -0.2) is 0 Å². The first-order valence-electron chi connectivity index (χ1n) is 14.4. The molecule has 0 saturated heterocycles. The Labute approximate surface area is 262 Å². The van der Waals surface area contributed by atoms with Crippen molar-refractivity contribution in [2.45, 2.75) is 63.5 Å². The average molecular weight is 649 g/mol. The van der Waals surface area contributed by atoms with Crippen LogP contribution < -0.4 is 21.3 Å². The van der Waals surface area contributed by atoms with E-state index in [1.165, 1.54) is 0 Å². The maximum absolute atomic E-state index is 13.2. The summed E-state index contributed by atoms with van der Waals surface area (Å²) in [6.45, 7) is -0.523. The largest absolute Gasteiger partial charge is 0.481 e. The number of rotatable bonds is 21. The van der Waals surface area contributed by atoms with Crippen LogP contribution in [-0.2, 0) is 47.9 Å². The first-order chi connectivity index (χ1) is 21.8. The van der Waals surface area contributed by atoms with Crippen LogP contribution in [0.2, 0.25) is 0 Å². The van der Waals surface area contributed by atoms with Gasteiger partial charge >= 0.3 is 11.9 Å². The number of carbonyl (C=O) groups is 10. The monoisotopic (exact) mass is 648 g/mol. The fourth-order valence-electron chi connectivity index (χ4n) is 4.31. The number of carboxylic acids is 2. The molecule has 0 unspecified atom stereocenters. The van der Waals surface area contributed by atoms with Crippen molar-refractivity contribution in [3.8, 4) is 0 Å². The maximum Gasteiger partial charge on any atom is 0.303 e. The SMILES string of the molecule is O=C(O)CCCNC(=O)[C@@H](NC(=O)CCCN1C(=O)C=CC1=O)[C@@H](NC(=O)CCCN1C(=O)C=CC1=O)C(=O)NCCCC(=O)O. The van der Waals surface area contributed by atoms with Crippen LogP contribution in [-0.4, -0.2) is 117 Å². The molecule has 0 radical (unpaired) electrons. The number of amides is 8. The minimum Gasteiger partial charge on any atom is -0.481 e. The average Bonchev–Trinajstić information content (AvgIpc) is 3.49. The molecule has 6 N–H and O–H groups in total. The van der Waals surface area contributed by atoms with E-state index < -0.39 is 71.3 Å². The molecule has 0 aliphatic carbocycles. The van der Waals surface area contributed by atoms with Crippen molar-refractivity contribution in [3.63, 3.8) is 0 Å². The van der Waals surface area contributed by atoms with Gasteiger partial charge in [0.05, 0.1) is 0 Å². The van der Waals surface area contributed by atoms with Gasteiger partial charge < -0.3 is 31.5 Å². The van der Waals surface area contributed by atoms with Crippen molar-refractivity contribution in [1.29, 1.82) is 0 Å². The predicted octanol–water partition coefficient (Wildman–Crippen LogP) is -2.67. The number of hydrogen-bond acceptors (Lipinski definition) is 10. The summed E-state index contributed by atoms with van der Waals surface area (Å²) in [6.07, 6.45) is 3.14. The fraction of sp³-hybridized carbons (Fsp3) is 0.500. The Kier molecular flexibility index (Phi) is 14.7. The molecular weight excluding hydrogens is 612 g/mol. The minimum absolute atomic E-state index is 0.000841. The highest BCUT2D eigenvalue weighted by atomic mass is 16.4. The van der Waals surface area contributed by atoms with E-state index in [-0.39, 0.29) is 77.5 Å². The Morgan fingerprint density at radius 2 is 0.870 bits per heavy atom. The van der Waals surface area contributed by atoms with E-state index in [1.807, 2.05) is 0 Å². The molecule has 0 saturated carbocycles. The lowest BCUT2D eigenvalue weighted by Crippen LogP contribution is -2.63. The number of carbonyl (C=O) groups excluding carboxylic acids is 8. The van der Waals surface area contributed by atoms with Crippen LogP contribution in [0.4, 0.5) is 0 Å². The van der Waals surface area contributed by atoms with Crippen molar-refractivity contribution >= 4 is 59.2 Å². The zero-order valence-electron chi connectivity index (χ0n) is 24.8. The molecule has 46 heavy (non-hydrogen) atoms. The third-order valence-corrected chi connectivity index (χ3v) is 6.64. The van der Waals surface area contributed by atoms with Gasteiger partial charge in [-0.1, -0.05) is 0 Å². The summed E-state index contributed by atoms with van der Waals surface area (Å²) in [5, 5.41) is 27.3. The molecular formula is C28H36N6O12. The van der Waals surface area contributed by atoms with E-state index >= 15 is 0 Å². The second kappa shape index (κ2) is 18.4. The van der Waals surface area contributed by atoms with Gasteiger partial charge in [0.15, 0.2) is 0 Å². The molecule has 2 aliphatic heterocycles. The summed E-state index contributed by atoms with van der Waals surface area (Å²) in [7, 11) is 0. The predicted molar refractivity (Wildman–Crippen MR) is 154 cm³/mol. The molecule has 2 aliphatic rings. The summed E-state index contributed by atoms with van der Waals surface area (Å²) in [5.41, 5.74) is 0. The van der Waals surface area contributed by atoms with Crippen molar-refractivity contribution in [2.24, 2.45) is 0 Å². The molecule has 18 heteroatoms. The highest BCUT2D eigenvalue weighted by Crippen LogP contribution is 2.08. The Balaban J connectivity index is 2.16. The third kappa shape index (κ3) is 12.3. The fourth-order valence-corrected chi connectivity index (χ4v) is 4.31. The zero-order chi connectivity index (χ0) is 34.2. The Bertz CT molecular complexity index is 1180. The lowest BCUT2D eigenvalue weighted by atomic mass is 10.0. The summed E-state index contributed by atoms with van der Waals surface area (Å²) >= 11 is 0. The normalized spacial score (nSPS) is 15.1. The van der Waals surface area contributed by atoms with E-state index in [4.69, 9.17) is 10.2 Å². The minimum atomic E-state index is -1.73. The van der Waals surface area contributed by atoms with Gasteiger partial charge in [-0.15, -0.1) is 0 Å². The topological polar surface area (TPSA) is 266 Å². The van der Waals surface area contributed by atoms with Gasteiger partial charge in [0.25, 0.3) is 23.6 Å². The highest BCUT2D eigenvalue weighted by Gasteiger charge is 2.36. The molecule has 2 heterocycles. The molecule has 0 bridgehead atoms. The van der Waals surface area contributed by atoms with Gasteiger partial charge in [0, 0.05) is 76.2 Å². The van der Waals surface area contributed by atoms with Gasteiger partial charge in [0.2, 0.25) is 23.6 Å². The number of nitrogens with zero attached hydrogens (tertiary/aromatic N) is 2. The van der Waals surface area contributed by atoms with Gasteiger partial charge in [-0.3, -0.25) is 57.7 Å². The van der Waals surface area contributed by atoms with E-state index in [0.29, 0.717) is 0 Å². The summed E-state index contributed by atoms with van der Waals surface area (Å²) in [6, 6.07) is -3.47. The first-order valence-corrected chi connectivity index (χ1v) is 14.4. The molecule has 2 atom stereocenters. The zero-order valence-corrected chi connectivity index (χ0v) is 24.8. The van der Waals surface area contributed by atoms with Crippen molar-refractivity contribution in [2.75, 3.05) is 26.2 Å². The summed E-state index contributed by atoms with van der Waals surface area (Å²) < 4.78 is 0. The van der Waals surface area contributed by atoms with Crippen LogP contribution >= 0.6 is 0 Å². The Morgan fingerprint density at radius 3 is 1.17 bits per heavy atom. The van der Waals surface area contributed by atoms with Gasteiger partial charge in [-0.05, 0) is 25.7 Å². The lowest BCUT2D eigenvalue weighted by Gasteiger charge is -2.28. The Morgan fingerprint density at radius 1 is 0.543 bits per heavy atom. The Hall–Kier alpha value is -5.42. The molecule has 250 valence electrons. The van der Waals surface area contributed by atoms with Crippen LogP contribution in [0.25, 0.3) is 0 Å².